The lowest BCUT2D eigenvalue weighted by atomic mass is 9.86. The molecule has 0 aliphatic heterocycles. The molecule has 0 saturated carbocycles. The van der Waals surface area contributed by atoms with Crippen LogP contribution in [0.15, 0.2) is 54.7 Å². The number of nitrogens with zero attached hydrogens (tertiary/aromatic N) is 3. The molecule has 7 heteroatoms. The average molecular weight is 391 g/mol. The molecule has 2 N–H and O–H groups in total. The van der Waals surface area contributed by atoms with Crippen molar-refractivity contribution < 1.29 is 9.53 Å². The highest BCUT2D eigenvalue weighted by Gasteiger charge is 2.18. The SMILES string of the molecule is CCOC(=O)c1ccccc1Nc1nncc(Nc2ccccc2C(C)(C)C)n1. The van der Waals surface area contributed by atoms with Gasteiger partial charge in [-0.15, -0.1) is 5.10 Å². The number of carbonyl (C=O) groups is 1. The Morgan fingerprint density at radius 1 is 1.00 bits per heavy atom. The average Bonchev–Trinajstić information content (AvgIpc) is 2.68. The second-order valence-corrected chi connectivity index (χ2v) is 7.48. The Bertz CT molecular complexity index is 998. The summed E-state index contributed by atoms with van der Waals surface area (Å²) in [6.45, 7) is 8.55. The van der Waals surface area contributed by atoms with Crippen LogP contribution in [0, 0.1) is 0 Å². The fraction of sp³-hybridized carbons (Fsp3) is 0.273. The summed E-state index contributed by atoms with van der Waals surface area (Å²) in [5, 5.41) is 14.4. The third-order valence-electron chi connectivity index (χ3n) is 4.23. The lowest BCUT2D eigenvalue weighted by Gasteiger charge is -2.23. The molecule has 7 nitrogen and oxygen atoms in total. The highest BCUT2D eigenvalue weighted by atomic mass is 16.5. The highest BCUT2D eigenvalue weighted by molar-refractivity contribution is 5.96. The van der Waals surface area contributed by atoms with Crippen LogP contribution in [0.2, 0.25) is 0 Å². The molecule has 3 rings (SSSR count). The number of para-hydroxylation sites is 2. The maximum Gasteiger partial charge on any atom is 0.340 e. The molecule has 0 spiro atoms. The van der Waals surface area contributed by atoms with Crippen molar-refractivity contribution in [3.8, 4) is 0 Å². The van der Waals surface area contributed by atoms with Crippen LogP contribution in [0.3, 0.4) is 0 Å². The molecular weight excluding hydrogens is 366 g/mol. The number of anilines is 4. The molecular formula is C22H25N5O2. The minimum atomic E-state index is -0.406. The van der Waals surface area contributed by atoms with Crippen molar-refractivity contribution in [2.24, 2.45) is 0 Å². The zero-order valence-electron chi connectivity index (χ0n) is 17.1. The van der Waals surface area contributed by atoms with Gasteiger partial charge < -0.3 is 15.4 Å². The third kappa shape index (κ3) is 5.07. The molecule has 0 aliphatic carbocycles. The fourth-order valence-corrected chi connectivity index (χ4v) is 2.90. The van der Waals surface area contributed by atoms with Gasteiger partial charge in [0.1, 0.15) is 0 Å². The quantitative estimate of drug-likeness (QED) is 0.582. The summed E-state index contributed by atoms with van der Waals surface area (Å²) in [5.41, 5.74) is 3.07. The molecule has 150 valence electrons. The molecule has 1 aromatic heterocycles. The minimum Gasteiger partial charge on any atom is -0.462 e. The Kier molecular flexibility index (Phi) is 6.07. The van der Waals surface area contributed by atoms with Gasteiger partial charge in [-0.1, -0.05) is 51.1 Å². The van der Waals surface area contributed by atoms with Gasteiger partial charge in [0.15, 0.2) is 5.82 Å². The number of rotatable bonds is 6. The number of carbonyl (C=O) groups excluding carboxylic acids is 1. The van der Waals surface area contributed by atoms with Crippen LogP contribution in [0.1, 0.15) is 43.6 Å². The molecule has 0 saturated heterocycles. The van der Waals surface area contributed by atoms with E-state index in [1.54, 1.807) is 31.3 Å². The van der Waals surface area contributed by atoms with Crippen molar-refractivity contribution in [2.45, 2.75) is 33.1 Å². The Labute approximate surface area is 170 Å². The molecule has 2 aromatic carbocycles. The molecule has 0 bridgehead atoms. The van der Waals surface area contributed by atoms with E-state index in [4.69, 9.17) is 4.74 Å². The van der Waals surface area contributed by atoms with Gasteiger partial charge in [0.25, 0.3) is 0 Å². The predicted molar refractivity (Wildman–Crippen MR) is 114 cm³/mol. The molecule has 0 unspecified atom stereocenters. The second-order valence-electron chi connectivity index (χ2n) is 7.48. The van der Waals surface area contributed by atoms with Crippen molar-refractivity contribution in [2.75, 3.05) is 17.2 Å². The monoisotopic (exact) mass is 391 g/mol. The van der Waals surface area contributed by atoms with Crippen LogP contribution in [-0.4, -0.2) is 27.8 Å². The third-order valence-corrected chi connectivity index (χ3v) is 4.23. The molecule has 0 atom stereocenters. The van der Waals surface area contributed by atoms with Crippen LogP contribution in [0.5, 0.6) is 0 Å². The normalized spacial score (nSPS) is 11.0. The first kappa shape index (κ1) is 20.3. The van der Waals surface area contributed by atoms with E-state index in [-0.39, 0.29) is 11.4 Å². The van der Waals surface area contributed by atoms with Crippen LogP contribution in [0.25, 0.3) is 0 Å². The lowest BCUT2D eigenvalue weighted by molar-refractivity contribution is 0.0527. The summed E-state index contributed by atoms with van der Waals surface area (Å²) in [4.78, 5) is 16.6. The first-order valence-electron chi connectivity index (χ1n) is 9.48. The summed E-state index contributed by atoms with van der Waals surface area (Å²) in [6, 6.07) is 15.1. The van der Waals surface area contributed by atoms with Gasteiger partial charge >= 0.3 is 5.97 Å². The van der Waals surface area contributed by atoms with Crippen LogP contribution in [-0.2, 0) is 10.2 Å². The number of esters is 1. The van der Waals surface area contributed by atoms with E-state index in [2.05, 4.69) is 52.7 Å². The maximum absolute atomic E-state index is 12.2. The largest absolute Gasteiger partial charge is 0.462 e. The van der Waals surface area contributed by atoms with Crippen molar-refractivity contribution in [3.05, 3.63) is 65.9 Å². The van der Waals surface area contributed by atoms with E-state index in [1.165, 1.54) is 5.56 Å². The van der Waals surface area contributed by atoms with Crippen molar-refractivity contribution in [1.29, 1.82) is 0 Å². The summed E-state index contributed by atoms with van der Waals surface area (Å²) >= 11 is 0. The van der Waals surface area contributed by atoms with Gasteiger partial charge in [-0.2, -0.15) is 10.1 Å². The number of aromatic nitrogens is 3. The van der Waals surface area contributed by atoms with Gasteiger partial charge in [0.05, 0.1) is 24.1 Å². The van der Waals surface area contributed by atoms with Crippen molar-refractivity contribution in [1.82, 2.24) is 15.2 Å². The van der Waals surface area contributed by atoms with Crippen molar-refractivity contribution >= 4 is 29.1 Å². The van der Waals surface area contributed by atoms with Gasteiger partial charge in [0, 0.05) is 5.69 Å². The lowest BCUT2D eigenvalue weighted by Crippen LogP contribution is -2.14. The van der Waals surface area contributed by atoms with E-state index in [0.717, 1.165) is 5.69 Å². The van der Waals surface area contributed by atoms with Gasteiger partial charge in [-0.3, -0.25) is 0 Å². The topological polar surface area (TPSA) is 89.0 Å². The summed E-state index contributed by atoms with van der Waals surface area (Å²) in [5.74, 6) is 0.421. The maximum atomic E-state index is 12.2. The van der Waals surface area contributed by atoms with E-state index in [9.17, 15) is 4.79 Å². The number of nitrogens with one attached hydrogen (secondary N) is 2. The Hall–Kier alpha value is -3.48. The van der Waals surface area contributed by atoms with Gasteiger partial charge in [-0.05, 0) is 36.1 Å². The molecule has 29 heavy (non-hydrogen) atoms. The number of ether oxygens (including phenoxy) is 1. The summed E-state index contributed by atoms with van der Waals surface area (Å²) in [6.07, 6.45) is 1.56. The van der Waals surface area contributed by atoms with E-state index < -0.39 is 5.97 Å². The number of hydrogen-bond acceptors (Lipinski definition) is 7. The molecule has 0 radical (unpaired) electrons. The molecule has 0 aliphatic rings. The van der Waals surface area contributed by atoms with Crippen LogP contribution in [0.4, 0.5) is 23.1 Å². The van der Waals surface area contributed by atoms with E-state index in [0.29, 0.717) is 23.7 Å². The van der Waals surface area contributed by atoms with Gasteiger partial charge in [0.2, 0.25) is 5.95 Å². The Morgan fingerprint density at radius 2 is 1.69 bits per heavy atom. The first-order chi connectivity index (χ1) is 13.9. The zero-order valence-corrected chi connectivity index (χ0v) is 17.1. The molecule has 0 fully saturated rings. The van der Waals surface area contributed by atoms with Crippen molar-refractivity contribution in [3.63, 3.8) is 0 Å². The van der Waals surface area contributed by atoms with E-state index >= 15 is 0 Å². The predicted octanol–water partition coefficient (Wildman–Crippen LogP) is 4.83. The Balaban J connectivity index is 1.85. The molecule has 1 heterocycles. The second kappa shape index (κ2) is 8.68. The summed E-state index contributed by atoms with van der Waals surface area (Å²) < 4.78 is 5.11. The van der Waals surface area contributed by atoms with Gasteiger partial charge in [-0.25, -0.2) is 4.79 Å². The van der Waals surface area contributed by atoms with Crippen LogP contribution < -0.4 is 10.6 Å². The summed E-state index contributed by atoms with van der Waals surface area (Å²) in [7, 11) is 0. The number of hydrogen-bond donors (Lipinski definition) is 2. The minimum absolute atomic E-state index is 0.0241. The zero-order chi connectivity index (χ0) is 20.9. The standard InChI is InChI=1S/C22H25N5O2/c1-5-29-20(28)15-10-6-8-12-17(15)25-21-26-19(14-23-27-21)24-18-13-9-7-11-16(18)22(2,3)4/h6-14H,5H2,1-4H3,(H2,24,25,26,27). The Morgan fingerprint density at radius 3 is 2.41 bits per heavy atom. The highest BCUT2D eigenvalue weighted by Crippen LogP contribution is 2.31. The first-order valence-corrected chi connectivity index (χ1v) is 9.48. The fourth-order valence-electron chi connectivity index (χ4n) is 2.90. The number of benzene rings is 2. The van der Waals surface area contributed by atoms with Crippen LogP contribution >= 0.6 is 0 Å². The smallest absolute Gasteiger partial charge is 0.340 e. The molecule has 0 amide bonds. The van der Waals surface area contributed by atoms with E-state index in [1.807, 2.05) is 24.3 Å². The molecule has 3 aromatic rings.